The van der Waals surface area contributed by atoms with Crippen LogP contribution in [0.15, 0.2) is 48.8 Å². The van der Waals surface area contributed by atoms with E-state index >= 15 is 4.39 Å². The van der Waals surface area contributed by atoms with Gasteiger partial charge < -0.3 is 4.43 Å². The minimum Gasteiger partial charge on any atom is -0.413 e. The smallest absolute Gasteiger partial charge is 0.192 e. The van der Waals surface area contributed by atoms with Crippen molar-refractivity contribution in [2.45, 2.75) is 130 Å². The van der Waals surface area contributed by atoms with Crippen LogP contribution in [0.2, 0.25) is 18.1 Å². The first-order valence-electron chi connectivity index (χ1n) is 15.8. The number of halogens is 1. The average molecular weight is 592 g/mol. The van der Waals surface area contributed by atoms with Gasteiger partial charge in [-0.3, -0.25) is 15.3 Å². The Morgan fingerprint density at radius 1 is 0.952 bits per heavy atom. The van der Waals surface area contributed by atoms with E-state index < -0.39 is 14.6 Å². The van der Waals surface area contributed by atoms with Crippen LogP contribution in [0.4, 0.5) is 4.39 Å². The number of rotatable bonds is 14. The van der Waals surface area contributed by atoms with Crippen molar-refractivity contribution in [1.29, 1.82) is 0 Å². The SMILES string of the molecule is CCCCCc1ccc(-c2c(C(C)C)cc(C(F)NCc3ccccn3)c(CO[Si](C)(C)C(C)(C)C)c2C(C)C)nc1. The number of aryl methyl sites for hydroxylation is 1. The normalized spacial score (nSPS) is 13.3. The molecule has 0 aliphatic rings. The van der Waals surface area contributed by atoms with Gasteiger partial charge in [0.2, 0.25) is 0 Å². The first-order valence-corrected chi connectivity index (χ1v) is 18.7. The summed E-state index contributed by atoms with van der Waals surface area (Å²) in [7, 11) is -2.10. The van der Waals surface area contributed by atoms with Gasteiger partial charge in [0.05, 0.1) is 18.0 Å². The van der Waals surface area contributed by atoms with Crippen molar-refractivity contribution in [3.8, 4) is 11.3 Å². The standard InChI is InChI=1S/C36H54FN3OSi/c1-11-12-13-16-27-18-19-32(39-22-27)34-29(25(2)3)21-30(35(37)40-23-28-17-14-15-20-38-28)31(33(34)26(4)5)24-41-42(9,10)36(6,7)8/h14-15,17-22,25-26,35,40H,11-13,16,23-24H2,1-10H3. The zero-order valence-corrected chi connectivity index (χ0v) is 28.8. The molecule has 0 amide bonds. The molecular formula is C36H54FN3OSi. The van der Waals surface area contributed by atoms with E-state index in [2.05, 4.69) is 97.0 Å². The minimum atomic E-state index is -2.10. The first kappa shape index (κ1) is 34.1. The van der Waals surface area contributed by atoms with Crippen molar-refractivity contribution in [1.82, 2.24) is 15.3 Å². The summed E-state index contributed by atoms with van der Waals surface area (Å²) < 4.78 is 23.2. The maximum atomic E-state index is 16.4. The summed E-state index contributed by atoms with van der Waals surface area (Å²) >= 11 is 0. The molecule has 2 aromatic heterocycles. The number of pyridine rings is 2. The molecule has 2 heterocycles. The lowest BCUT2D eigenvalue weighted by Crippen LogP contribution is -2.40. The van der Waals surface area contributed by atoms with E-state index in [0.717, 1.165) is 40.1 Å². The number of unbranched alkanes of at least 4 members (excludes halogenated alkanes) is 2. The van der Waals surface area contributed by atoms with Crippen LogP contribution in [0.3, 0.4) is 0 Å². The van der Waals surface area contributed by atoms with Crippen molar-refractivity contribution in [3.05, 3.63) is 82.3 Å². The van der Waals surface area contributed by atoms with Crippen LogP contribution in [0.5, 0.6) is 0 Å². The van der Waals surface area contributed by atoms with Gasteiger partial charge >= 0.3 is 0 Å². The van der Waals surface area contributed by atoms with E-state index in [1.807, 2.05) is 24.4 Å². The number of hydrogen-bond donors (Lipinski definition) is 1. The van der Waals surface area contributed by atoms with Crippen molar-refractivity contribution < 1.29 is 8.82 Å². The lowest BCUT2D eigenvalue weighted by Gasteiger charge is -2.37. The summed E-state index contributed by atoms with van der Waals surface area (Å²) in [6.45, 7) is 23.0. The van der Waals surface area contributed by atoms with E-state index in [4.69, 9.17) is 9.41 Å². The molecule has 0 fully saturated rings. The summed E-state index contributed by atoms with van der Waals surface area (Å²) in [5.41, 5.74) is 8.05. The molecule has 3 rings (SSSR count). The fourth-order valence-corrected chi connectivity index (χ4v) is 6.07. The Morgan fingerprint density at radius 3 is 2.24 bits per heavy atom. The van der Waals surface area contributed by atoms with E-state index in [-0.39, 0.29) is 16.9 Å². The lowest BCUT2D eigenvalue weighted by atomic mass is 9.81. The number of aromatic nitrogens is 2. The van der Waals surface area contributed by atoms with Crippen LogP contribution in [0.25, 0.3) is 11.3 Å². The maximum Gasteiger partial charge on any atom is 0.192 e. The van der Waals surface area contributed by atoms with Gasteiger partial charge in [0.15, 0.2) is 14.6 Å². The van der Waals surface area contributed by atoms with Crippen LogP contribution in [0, 0.1) is 0 Å². The number of hydrogen-bond acceptors (Lipinski definition) is 4. The first-order chi connectivity index (χ1) is 19.8. The molecular weight excluding hydrogens is 538 g/mol. The molecule has 0 bridgehead atoms. The van der Waals surface area contributed by atoms with Gasteiger partial charge in [-0.15, -0.1) is 0 Å². The molecule has 42 heavy (non-hydrogen) atoms. The van der Waals surface area contributed by atoms with Gasteiger partial charge in [-0.1, -0.05) is 86.4 Å². The number of alkyl halides is 1. The average Bonchev–Trinajstić information content (AvgIpc) is 2.94. The van der Waals surface area contributed by atoms with Crippen LogP contribution >= 0.6 is 0 Å². The Kier molecular flexibility index (Phi) is 12.1. The third kappa shape index (κ3) is 8.58. The molecule has 230 valence electrons. The van der Waals surface area contributed by atoms with E-state index in [9.17, 15) is 0 Å². The second-order valence-corrected chi connectivity index (χ2v) is 18.6. The Balaban J connectivity index is 2.17. The van der Waals surface area contributed by atoms with E-state index in [0.29, 0.717) is 18.7 Å². The highest BCUT2D eigenvalue weighted by atomic mass is 28.4. The highest BCUT2D eigenvalue weighted by Crippen LogP contribution is 2.43. The maximum absolute atomic E-state index is 16.4. The molecule has 1 atom stereocenters. The monoisotopic (exact) mass is 591 g/mol. The van der Waals surface area contributed by atoms with Gasteiger partial charge in [0.25, 0.3) is 0 Å². The molecule has 0 saturated heterocycles. The van der Waals surface area contributed by atoms with Crippen LogP contribution in [-0.4, -0.2) is 18.3 Å². The molecule has 1 aromatic carbocycles. The Morgan fingerprint density at radius 2 is 1.69 bits per heavy atom. The van der Waals surface area contributed by atoms with Crippen molar-refractivity contribution in [3.63, 3.8) is 0 Å². The predicted octanol–water partition coefficient (Wildman–Crippen LogP) is 10.4. The topological polar surface area (TPSA) is 47.0 Å². The Hall–Kier alpha value is -2.41. The Labute approximate surface area is 256 Å². The van der Waals surface area contributed by atoms with Gasteiger partial charge in [0, 0.05) is 30.1 Å². The molecule has 4 nitrogen and oxygen atoms in total. The van der Waals surface area contributed by atoms with Gasteiger partial charge in [0.1, 0.15) is 0 Å². The second kappa shape index (κ2) is 14.9. The number of nitrogens with one attached hydrogen (secondary N) is 1. The van der Waals surface area contributed by atoms with Crippen LogP contribution in [0.1, 0.15) is 126 Å². The lowest BCUT2D eigenvalue weighted by molar-refractivity contribution is 0.252. The minimum absolute atomic E-state index is 0.0490. The van der Waals surface area contributed by atoms with Crippen LogP contribution < -0.4 is 5.32 Å². The predicted molar refractivity (Wildman–Crippen MR) is 178 cm³/mol. The Bertz CT molecular complexity index is 1270. The third-order valence-corrected chi connectivity index (χ3v) is 13.2. The van der Waals surface area contributed by atoms with Crippen molar-refractivity contribution in [2.75, 3.05) is 0 Å². The molecule has 1 N–H and O–H groups in total. The third-order valence-electron chi connectivity index (χ3n) is 8.74. The van der Waals surface area contributed by atoms with Crippen molar-refractivity contribution >= 4 is 8.32 Å². The molecule has 0 aliphatic carbocycles. The summed E-state index contributed by atoms with van der Waals surface area (Å²) in [6, 6.07) is 12.2. The van der Waals surface area contributed by atoms with Crippen LogP contribution in [-0.2, 0) is 24.0 Å². The zero-order chi connectivity index (χ0) is 31.1. The summed E-state index contributed by atoms with van der Waals surface area (Å²) in [5, 5.41) is 3.17. The quantitative estimate of drug-likeness (QED) is 0.115. The molecule has 0 aliphatic heterocycles. The number of nitrogens with zero attached hydrogens (tertiary/aromatic N) is 2. The molecule has 0 radical (unpaired) electrons. The van der Waals surface area contributed by atoms with Gasteiger partial charge in [-0.25, -0.2) is 4.39 Å². The van der Waals surface area contributed by atoms with E-state index in [1.54, 1.807) is 6.20 Å². The fraction of sp³-hybridized carbons (Fsp3) is 0.556. The molecule has 1 unspecified atom stereocenters. The molecule has 6 heteroatoms. The summed E-state index contributed by atoms with van der Waals surface area (Å²) in [6.07, 6.45) is 7.08. The molecule has 0 spiro atoms. The fourth-order valence-electron chi connectivity index (χ4n) is 5.13. The molecule has 3 aromatic rings. The highest BCUT2D eigenvalue weighted by Gasteiger charge is 2.38. The number of benzene rings is 1. The van der Waals surface area contributed by atoms with Crippen molar-refractivity contribution in [2.24, 2.45) is 0 Å². The summed E-state index contributed by atoms with van der Waals surface area (Å²) in [5.74, 6) is 0.352. The summed E-state index contributed by atoms with van der Waals surface area (Å²) in [4.78, 5) is 9.39. The zero-order valence-electron chi connectivity index (χ0n) is 27.8. The van der Waals surface area contributed by atoms with E-state index in [1.165, 1.54) is 24.8 Å². The molecule has 0 saturated carbocycles. The van der Waals surface area contributed by atoms with Gasteiger partial charge in [-0.2, -0.15) is 0 Å². The highest BCUT2D eigenvalue weighted by molar-refractivity contribution is 6.74. The second-order valence-electron chi connectivity index (χ2n) is 13.8. The van der Waals surface area contributed by atoms with Gasteiger partial charge in [-0.05, 0) is 83.3 Å². The largest absolute Gasteiger partial charge is 0.413 e.